The molecule has 5 atom stereocenters. The summed E-state index contributed by atoms with van der Waals surface area (Å²) in [5, 5.41) is 0. The van der Waals surface area contributed by atoms with E-state index in [1.165, 1.54) is 5.57 Å². The number of carbonyl (C=O) groups is 1. The minimum atomic E-state index is -0.288. The number of allylic oxidation sites excluding steroid dienone is 4. The normalized spacial score (nSPS) is 43.8. The maximum atomic E-state index is 12.0. The summed E-state index contributed by atoms with van der Waals surface area (Å²) in [7, 11) is 0. The second-order valence-corrected chi connectivity index (χ2v) is 9.24. The van der Waals surface area contributed by atoms with Crippen molar-refractivity contribution in [2.75, 3.05) is 0 Å². The van der Waals surface area contributed by atoms with Gasteiger partial charge in [-0.25, -0.2) is 0 Å². The van der Waals surface area contributed by atoms with Gasteiger partial charge >= 0.3 is 0 Å². The van der Waals surface area contributed by atoms with Crippen LogP contribution in [-0.4, -0.2) is 10.8 Å². The number of fused-ring (bicyclic) bond motifs is 5. The van der Waals surface area contributed by atoms with Gasteiger partial charge in [0.05, 0.1) is 5.48 Å². The van der Waals surface area contributed by atoms with E-state index in [-0.39, 0.29) is 41.0 Å². The molecule has 136 valence electrons. The monoisotopic (exact) mass is 351 g/mol. The van der Waals surface area contributed by atoms with Gasteiger partial charge in [0.25, 0.3) is 0 Å². The number of nitrogens with zero attached hydrogens (tertiary/aromatic N) is 1. The van der Waals surface area contributed by atoms with E-state index in [4.69, 9.17) is 5.48 Å². The zero-order valence-electron chi connectivity index (χ0n) is 19.7. The van der Waals surface area contributed by atoms with Crippen LogP contribution in [0.1, 0.15) is 69.8 Å². The van der Waals surface area contributed by atoms with Crippen molar-refractivity contribution in [1.29, 1.82) is 0 Å². The minimum absolute atomic E-state index is 0.0260. The van der Waals surface area contributed by atoms with E-state index in [9.17, 15) is 4.79 Å². The maximum Gasteiger partial charge on any atom is 0.155 e. The largest absolute Gasteiger partial charge is 0.295 e. The van der Waals surface area contributed by atoms with Gasteiger partial charge in [-0.15, -0.1) is 0 Å². The van der Waals surface area contributed by atoms with Crippen molar-refractivity contribution >= 4 is 11.4 Å². The molecule has 2 heteroatoms. The number of aromatic nitrogens is 1. The highest BCUT2D eigenvalue weighted by atomic mass is 16.1. The van der Waals surface area contributed by atoms with Crippen LogP contribution in [-0.2, 0) is 4.79 Å². The first-order valence-corrected chi connectivity index (χ1v) is 10.1. The predicted molar refractivity (Wildman–Crippen MR) is 104 cm³/mol. The Balaban J connectivity index is 1.52. The molecule has 1 aromatic heterocycles. The van der Waals surface area contributed by atoms with Crippen LogP contribution in [0.25, 0.3) is 5.57 Å². The van der Waals surface area contributed by atoms with Crippen LogP contribution in [0.5, 0.6) is 0 Å². The smallest absolute Gasteiger partial charge is 0.155 e. The highest BCUT2D eigenvalue weighted by molar-refractivity contribution is 5.91. The Hall–Kier alpha value is -1.70. The number of pyridine rings is 1. The van der Waals surface area contributed by atoms with Crippen molar-refractivity contribution < 1.29 is 10.3 Å². The highest BCUT2D eigenvalue weighted by Crippen LogP contribution is 2.66. The lowest BCUT2D eigenvalue weighted by Gasteiger charge is -2.57. The van der Waals surface area contributed by atoms with Gasteiger partial charge in [0, 0.05) is 18.8 Å². The molecule has 1 heterocycles. The van der Waals surface area contributed by atoms with Crippen LogP contribution < -0.4 is 0 Å². The number of ketones is 1. The van der Waals surface area contributed by atoms with Crippen molar-refractivity contribution in [2.24, 2.45) is 28.6 Å². The number of hydrogen-bond acceptors (Lipinski definition) is 2. The van der Waals surface area contributed by atoms with Crippen LogP contribution in [0.15, 0.2) is 42.2 Å². The van der Waals surface area contributed by atoms with E-state index >= 15 is 0 Å². The molecule has 0 N–H and O–H groups in total. The summed E-state index contributed by atoms with van der Waals surface area (Å²) in [5.74, 6) is 1.91. The fraction of sp³-hybridized carbons (Fsp3) is 0.583. The molecule has 1 aromatic rings. The summed E-state index contributed by atoms with van der Waals surface area (Å²) in [5.41, 5.74) is 2.85. The van der Waals surface area contributed by atoms with E-state index in [0.29, 0.717) is 29.7 Å². The predicted octanol–water partition coefficient (Wildman–Crippen LogP) is 5.61. The molecule has 4 aliphatic carbocycles. The van der Waals surface area contributed by atoms with Crippen molar-refractivity contribution in [3.63, 3.8) is 0 Å². The van der Waals surface area contributed by atoms with Crippen LogP contribution in [0.3, 0.4) is 0 Å². The molecule has 26 heavy (non-hydrogen) atoms. The molecule has 0 saturated heterocycles. The Morgan fingerprint density at radius 2 is 2.04 bits per heavy atom. The maximum absolute atomic E-state index is 12.0. The van der Waals surface area contributed by atoms with Gasteiger partial charge in [-0.3, -0.25) is 9.78 Å². The van der Waals surface area contributed by atoms with Crippen LogP contribution in [0.2, 0.25) is 0 Å². The highest BCUT2D eigenvalue weighted by Gasteiger charge is 2.57. The molecule has 5 rings (SSSR count). The fourth-order valence-electron chi connectivity index (χ4n) is 6.87. The molecule has 0 bridgehead atoms. The third-order valence-electron chi connectivity index (χ3n) is 8.28. The Morgan fingerprint density at radius 3 is 2.92 bits per heavy atom. The van der Waals surface area contributed by atoms with Crippen LogP contribution >= 0.6 is 0 Å². The number of rotatable bonds is 1. The molecule has 0 aromatic carbocycles. The third-order valence-corrected chi connectivity index (χ3v) is 8.28. The first-order chi connectivity index (χ1) is 14.2. The molecule has 4 aliphatic rings. The Kier molecular flexibility index (Phi) is 2.75. The first-order valence-electron chi connectivity index (χ1n) is 12.1. The van der Waals surface area contributed by atoms with Crippen molar-refractivity contribution in [3.05, 3.63) is 47.7 Å². The van der Waals surface area contributed by atoms with Gasteiger partial charge in [0.1, 0.15) is 0 Å². The standard InChI is InChI=1S/C24H29NO/c1-23-11-9-18(26)14-17(23)5-6-19-21-8-7-20(16-4-3-13-25-15-16)24(21,2)12-10-22(19)23/h3-4,7,13-15,19,21-22H,5-6,8-12H2,1-2H3/t19?,21?,22?,23-,24+/m0/s1/i3D,4D,13D,15D. The molecule has 0 aliphatic heterocycles. The lowest BCUT2D eigenvalue weighted by molar-refractivity contribution is -0.117. The zero-order valence-corrected chi connectivity index (χ0v) is 15.7. The van der Waals surface area contributed by atoms with Gasteiger partial charge in [0.15, 0.2) is 5.78 Å². The minimum Gasteiger partial charge on any atom is -0.295 e. The molecule has 3 unspecified atom stereocenters. The third kappa shape index (κ3) is 2.17. The van der Waals surface area contributed by atoms with Gasteiger partial charge in [-0.05, 0) is 90.4 Å². The molecule has 0 amide bonds. The summed E-state index contributed by atoms with van der Waals surface area (Å²) in [6.07, 6.45) is 10.6. The molecular formula is C24H29NO. The Labute approximate surface area is 162 Å². The molecular weight excluding hydrogens is 318 g/mol. The summed E-state index contributed by atoms with van der Waals surface area (Å²) >= 11 is 0. The van der Waals surface area contributed by atoms with Crippen molar-refractivity contribution in [1.82, 2.24) is 4.98 Å². The van der Waals surface area contributed by atoms with E-state index in [1.807, 2.05) is 6.08 Å². The molecule has 2 saturated carbocycles. The van der Waals surface area contributed by atoms with E-state index in [2.05, 4.69) is 24.9 Å². The summed E-state index contributed by atoms with van der Waals surface area (Å²) < 4.78 is 32.6. The lowest BCUT2D eigenvalue weighted by Crippen LogP contribution is -2.49. The van der Waals surface area contributed by atoms with Gasteiger partial charge in [-0.1, -0.05) is 31.5 Å². The lowest BCUT2D eigenvalue weighted by atomic mass is 9.46. The SMILES string of the molecule is [2H]c1nc([2H])c(C2=CCC3C4CCC5=CC(=O)CC[C@]5(C)C4CC[C@]23C)c([2H])c1[2H]. The zero-order chi connectivity index (χ0) is 21.4. The Bertz CT molecular complexity index is 1010. The van der Waals surface area contributed by atoms with Crippen LogP contribution in [0, 0.1) is 28.6 Å². The van der Waals surface area contributed by atoms with Crippen molar-refractivity contribution in [2.45, 2.75) is 58.8 Å². The number of hydrogen-bond donors (Lipinski definition) is 0. The average molecular weight is 352 g/mol. The average Bonchev–Trinajstić information content (AvgIpc) is 3.04. The molecule has 2 fully saturated rings. The Morgan fingerprint density at radius 1 is 1.15 bits per heavy atom. The topological polar surface area (TPSA) is 30.0 Å². The van der Waals surface area contributed by atoms with Gasteiger partial charge in [-0.2, -0.15) is 0 Å². The van der Waals surface area contributed by atoms with E-state index in [0.717, 1.165) is 44.1 Å². The quantitative estimate of drug-likeness (QED) is 0.658. The fourth-order valence-corrected chi connectivity index (χ4v) is 6.87. The number of carbonyl (C=O) groups excluding carboxylic acids is 1. The van der Waals surface area contributed by atoms with Crippen LogP contribution in [0.4, 0.5) is 0 Å². The molecule has 0 spiro atoms. The van der Waals surface area contributed by atoms with E-state index in [1.54, 1.807) is 0 Å². The summed E-state index contributed by atoms with van der Waals surface area (Å²) in [4.78, 5) is 16.0. The summed E-state index contributed by atoms with van der Waals surface area (Å²) in [6, 6.07) is -0.212. The first kappa shape index (κ1) is 12.6. The summed E-state index contributed by atoms with van der Waals surface area (Å²) in [6.45, 7) is 4.66. The van der Waals surface area contributed by atoms with E-state index < -0.39 is 0 Å². The van der Waals surface area contributed by atoms with Crippen molar-refractivity contribution in [3.8, 4) is 0 Å². The second kappa shape index (κ2) is 5.65. The second-order valence-electron chi connectivity index (χ2n) is 9.24. The van der Waals surface area contributed by atoms with Gasteiger partial charge in [0.2, 0.25) is 0 Å². The molecule has 2 nitrogen and oxygen atoms in total. The van der Waals surface area contributed by atoms with Gasteiger partial charge < -0.3 is 0 Å². The molecule has 0 radical (unpaired) electrons.